The highest BCUT2D eigenvalue weighted by atomic mass is 15.3. The first kappa shape index (κ1) is 26.7. The van der Waals surface area contributed by atoms with Crippen molar-refractivity contribution in [2.75, 3.05) is 9.80 Å². The first-order chi connectivity index (χ1) is 23.8. The van der Waals surface area contributed by atoms with Crippen molar-refractivity contribution >= 4 is 66.8 Å². The van der Waals surface area contributed by atoms with Crippen LogP contribution in [0.2, 0.25) is 0 Å². The number of nitrogens with zero attached hydrogens (tertiary/aromatic N) is 4. The number of para-hydroxylation sites is 7. The van der Waals surface area contributed by atoms with Gasteiger partial charge in [-0.3, -0.25) is 0 Å². The first-order valence-corrected chi connectivity index (χ1v) is 16.4. The van der Waals surface area contributed by atoms with Gasteiger partial charge in [0.25, 0.3) is 0 Å². The van der Waals surface area contributed by atoms with Gasteiger partial charge >= 0.3 is 0 Å². The number of anilines is 6. The summed E-state index contributed by atoms with van der Waals surface area (Å²) in [4.78, 5) is 4.77. The van der Waals surface area contributed by atoms with Crippen LogP contribution in [0, 0.1) is 0 Å². The molecule has 3 heterocycles. The SMILES string of the molecule is c1ccc(N2c3ccccc3N(c3cccc(-n4c5ccccc5c5c6c(ccc54)ccn6-c4ccccc4)c3)c3ccccc32)cc1. The number of benzene rings is 7. The van der Waals surface area contributed by atoms with Crippen molar-refractivity contribution < 1.29 is 0 Å². The summed E-state index contributed by atoms with van der Waals surface area (Å²) >= 11 is 0. The van der Waals surface area contributed by atoms with Gasteiger partial charge < -0.3 is 18.9 Å². The van der Waals surface area contributed by atoms with Gasteiger partial charge in [0, 0.05) is 45.1 Å². The van der Waals surface area contributed by atoms with E-state index in [0.717, 1.165) is 45.5 Å². The van der Waals surface area contributed by atoms with Crippen LogP contribution in [-0.2, 0) is 0 Å². The highest BCUT2D eigenvalue weighted by Gasteiger charge is 2.30. The lowest BCUT2D eigenvalue weighted by Crippen LogP contribution is -2.23. The van der Waals surface area contributed by atoms with Gasteiger partial charge in [-0.2, -0.15) is 0 Å². The summed E-state index contributed by atoms with van der Waals surface area (Å²) in [5.41, 5.74) is 12.7. The predicted octanol–water partition coefficient (Wildman–Crippen LogP) is 12.0. The monoisotopic (exact) mass is 614 g/mol. The molecule has 0 bridgehead atoms. The Morgan fingerprint density at radius 1 is 0.354 bits per heavy atom. The molecule has 10 rings (SSSR count). The van der Waals surface area contributed by atoms with Crippen molar-refractivity contribution in [1.29, 1.82) is 0 Å². The summed E-state index contributed by atoms with van der Waals surface area (Å²) in [5, 5.41) is 3.73. The van der Waals surface area contributed by atoms with Crippen molar-refractivity contribution in [3.8, 4) is 11.4 Å². The predicted molar refractivity (Wildman–Crippen MR) is 201 cm³/mol. The van der Waals surface area contributed by atoms with Crippen LogP contribution in [0.15, 0.2) is 182 Å². The molecule has 2 aromatic heterocycles. The Bertz CT molecular complexity index is 2580. The van der Waals surface area contributed by atoms with Gasteiger partial charge in [0.1, 0.15) is 0 Å². The quantitative estimate of drug-likeness (QED) is 0.196. The second-order valence-electron chi connectivity index (χ2n) is 12.3. The van der Waals surface area contributed by atoms with Crippen LogP contribution in [0.1, 0.15) is 0 Å². The zero-order valence-electron chi connectivity index (χ0n) is 26.1. The zero-order valence-corrected chi connectivity index (χ0v) is 26.1. The van der Waals surface area contributed by atoms with Crippen LogP contribution in [-0.4, -0.2) is 9.13 Å². The minimum Gasteiger partial charge on any atom is -0.316 e. The Hall–Kier alpha value is -6.52. The van der Waals surface area contributed by atoms with E-state index < -0.39 is 0 Å². The molecule has 0 spiro atoms. The van der Waals surface area contributed by atoms with E-state index in [1.165, 1.54) is 32.7 Å². The molecule has 4 heteroatoms. The number of hydrogen-bond acceptors (Lipinski definition) is 2. The van der Waals surface area contributed by atoms with Gasteiger partial charge in [-0.15, -0.1) is 0 Å². The highest BCUT2D eigenvalue weighted by Crippen LogP contribution is 2.54. The van der Waals surface area contributed by atoms with Gasteiger partial charge in [-0.25, -0.2) is 0 Å². The van der Waals surface area contributed by atoms with Crippen LogP contribution in [0.4, 0.5) is 34.1 Å². The minimum atomic E-state index is 1.11. The van der Waals surface area contributed by atoms with Crippen LogP contribution < -0.4 is 9.80 Å². The first-order valence-electron chi connectivity index (χ1n) is 16.4. The zero-order chi connectivity index (χ0) is 31.6. The molecule has 7 aromatic carbocycles. The second kappa shape index (κ2) is 10.5. The van der Waals surface area contributed by atoms with Crippen molar-refractivity contribution in [3.05, 3.63) is 182 Å². The van der Waals surface area contributed by atoms with E-state index in [9.17, 15) is 0 Å². The number of aromatic nitrogens is 2. The van der Waals surface area contributed by atoms with E-state index in [1.54, 1.807) is 0 Å². The largest absolute Gasteiger partial charge is 0.316 e. The molecular weight excluding hydrogens is 585 g/mol. The third-order valence-electron chi connectivity index (χ3n) is 9.61. The number of rotatable bonds is 4. The lowest BCUT2D eigenvalue weighted by Gasteiger charge is -2.40. The molecule has 0 saturated carbocycles. The summed E-state index contributed by atoms with van der Waals surface area (Å²) in [6, 6.07) is 63.2. The molecular formula is C44H30N4. The maximum atomic E-state index is 2.42. The molecule has 0 atom stereocenters. The molecule has 226 valence electrons. The Labute approximate surface area is 278 Å². The van der Waals surface area contributed by atoms with Crippen molar-refractivity contribution in [2.45, 2.75) is 0 Å². The van der Waals surface area contributed by atoms with E-state index in [0.29, 0.717) is 0 Å². The fourth-order valence-electron chi connectivity index (χ4n) is 7.61. The summed E-state index contributed by atoms with van der Waals surface area (Å²) in [6.45, 7) is 0. The van der Waals surface area contributed by atoms with Gasteiger partial charge in [-0.1, -0.05) is 91.0 Å². The summed E-state index contributed by atoms with van der Waals surface area (Å²) < 4.78 is 4.75. The molecule has 1 aliphatic heterocycles. The van der Waals surface area contributed by atoms with Gasteiger partial charge in [0.2, 0.25) is 0 Å². The van der Waals surface area contributed by atoms with Crippen LogP contribution in [0.3, 0.4) is 0 Å². The topological polar surface area (TPSA) is 16.3 Å². The molecule has 0 radical (unpaired) electrons. The lowest BCUT2D eigenvalue weighted by atomic mass is 10.0. The van der Waals surface area contributed by atoms with E-state index in [1.807, 2.05) is 0 Å². The van der Waals surface area contributed by atoms with E-state index in [4.69, 9.17) is 0 Å². The van der Waals surface area contributed by atoms with Crippen molar-refractivity contribution in [1.82, 2.24) is 9.13 Å². The van der Waals surface area contributed by atoms with E-state index in [2.05, 4.69) is 201 Å². The molecule has 0 aliphatic carbocycles. The minimum absolute atomic E-state index is 1.11. The molecule has 0 N–H and O–H groups in total. The molecule has 48 heavy (non-hydrogen) atoms. The van der Waals surface area contributed by atoms with Gasteiger partial charge in [-0.05, 0) is 84.9 Å². The molecule has 0 unspecified atom stereocenters. The van der Waals surface area contributed by atoms with Crippen molar-refractivity contribution in [3.63, 3.8) is 0 Å². The third kappa shape index (κ3) is 3.90. The standard InChI is InChI=1S/C44H30N4/c1-3-14-32(15-4-1)45-29-28-31-26-27-42-43(44(31)45)36-20-7-8-21-37(36)47(42)34-18-13-19-35(30-34)48-40-24-11-9-22-38(40)46(33-16-5-2-6-17-33)39-23-10-12-25-41(39)48/h1-30H. The van der Waals surface area contributed by atoms with Crippen molar-refractivity contribution in [2.24, 2.45) is 0 Å². The maximum absolute atomic E-state index is 2.42. The Balaban J connectivity index is 1.20. The fourth-order valence-corrected chi connectivity index (χ4v) is 7.61. The number of hydrogen-bond donors (Lipinski definition) is 0. The molecule has 1 aliphatic rings. The third-order valence-corrected chi connectivity index (χ3v) is 9.61. The highest BCUT2D eigenvalue weighted by molar-refractivity contribution is 6.20. The number of fused-ring (bicyclic) bond motifs is 7. The molecule has 4 nitrogen and oxygen atoms in total. The summed E-state index contributed by atoms with van der Waals surface area (Å²) in [7, 11) is 0. The van der Waals surface area contributed by atoms with Crippen LogP contribution >= 0.6 is 0 Å². The molecule has 0 amide bonds. The average molecular weight is 615 g/mol. The summed E-state index contributed by atoms with van der Waals surface area (Å²) in [5.74, 6) is 0. The molecule has 0 saturated heterocycles. The fraction of sp³-hybridized carbons (Fsp3) is 0. The van der Waals surface area contributed by atoms with Crippen LogP contribution in [0.25, 0.3) is 44.1 Å². The Morgan fingerprint density at radius 3 is 1.58 bits per heavy atom. The Kier molecular flexibility index (Phi) is 5.84. The lowest BCUT2D eigenvalue weighted by molar-refractivity contribution is 1.13. The Morgan fingerprint density at radius 2 is 0.896 bits per heavy atom. The second-order valence-corrected chi connectivity index (χ2v) is 12.3. The normalized spacial score (nSPS) is 12.5. The smallest absolute Gasteiger partial charge is 0.0703 e. The van der Waals surface area contributed by atoms with Crippen LogP contribution in [0.5, 0.6) is 0 Å². The summed E-state index contributed by atoms with van der Waals surface area (Å²) in [6.07, 6.45) is 2.19. The molecule has 0 fully saturated rings. The van der Waals surface area contributed by atoms with Gasteiger partial charge in [0.15, 0.2) is 0 Å². The maximum Gasteiger partial charge on any atom is 0.0703 e. The van der Waals surface area contributed by atoms with E-state index >= 15 is 0 Å². The van der Waals surface area contributed by atoms with Gasteiger partial charge in [0.05, 0.1) is 39.3 Å². The average Bonchev–Trinajstić information content (AvgIpc) is 3.74. The van der Waals surface area contributed by atoms with E-state index in [-0.39, 0.29) is 0 Å². The molecule has 9 aromatic rings.